The van der Waals surface area contributed by atoms with E-state index in [1.54, 1.807) is 0 Å². The van der Waals surface area contributed by atoms with Crippen molar-refractivity contribution in [3.05, 3.63) is 30.1 Å². The van der Waals surface area contributed by atoms with Gasteiger partial charge in [-0.25, -0.2) is 4.98 Å². The zero-order valence-corrected chi connectivity index (χ0v) is 9.74. The first-order valence-corrected chi connectivity index (χ1v) is 6.26. The minimum atomic E-state index is 0.738. The maximum atomic E-state index is 4.36. The van der Waals surface area contributed by atoms with Crippen LogP contribution in [0, 0.1) is 5.92 Å². The SMILES string of the molecule is CC1CCCC(c2c[nH]c3ncccc23)C1. The largest absolute Gasteiger partial charge is 0.346 e. The third kappa shape index (κ3) is 1.62. The molecule has 2 unspecified atom stereocenters. The van der Waals surface area contributed by atoms with Gasteiger partial charge >= 0.3 is 0 Å². The van der Waals surface area contributed by atoms with Gasteiger partial charge in [0.1, 0.15) is 5.65 Å². The van der Waals surface area contributed by atoms with Crippen LogP contribution in [0.1, 0.15) is 44.1 Å². The van der Waals surface area contributed by atoms with Gasteiger partial charge in [-0.05, 0) is 42.4 Å². The second kappa shape index (κ2) is 3.93. The van der Waals surface area contributed by atoms with Crippen molar-refractivity contribution in [3.63, 3.8) is 0 Å². The van der Waals surface area contributed by atoms with Crippen LogP contribution in [-0.2, 0) is 0 Å². The van der Waals surface area contributed by atoms with Gasteiger partial charge in [0.05, 0.1) is 0 Å². The third-order valence-corrected chi connectivity index (χ3v) is 3.86. The van der Waals surface area contributed by atoms with Crippen LogP contribution in [0.5, 0.6) is 0 Å². The van der Waals surface area contributed by atoms with Gasteiger partial charge in [-0.15, -0.1) is 0 Å². The number of fused-ring (bicyclic) bond motifs is 1. The number of aromatic amines is 1. The lowest BCUT2D eigenvalue weighted by atomic mass is 9.79. The van der Waals surface area contributed by atoms with E-state index in [4.69, 9.17) is 0 Å². The van der Waals surface area contributed by atoms with Crippen molar-refractivity contribution in [1.29, 1.82) is 0 Å². The number of nitrogens with zero attached hydrogens (tertiary/aromatic N) is 1. The van der Waals surface area contributed by atoms with E-state index < -0.39 is 0 Å². The Labute approximate surface area is 96.1 Å². The summed E-state index contributed by atoms with van der Waals surface area (Å²) in [7, 11) is 0. The summed E-state index contributed by atoms with van der Waals surface area (Å²) >= 11 is 0. The first-order chi connectivity index (χ1) is 7.84. The topological polar surface area (TPSA) is 28.7 Å². The molecule has 1 N–H and O–H groups in total. The highest BCUT2D eigenvalue weighted by Gasteiger charge is 2.22. The molecule has 0 radical (unpaired) electrons. The third-order valence-electron chi connectivity index (χ3n) is 3.86. The van der Waals surface area contributed by atoms with Gasteiger partial charge in [0.2, 0.25) is 0 Å². The van der Waals surface area contributed by atoms with Crippen molar-refractivity contribution in [2.75, 3.05) is 0 Å². The molecule has 2 aromatic rings. The molecular formula is C14H18N2. The Bertz CT molecular complexity index is 486. The minimum absolute atomic E-state index is 0.738. The Kier molecular flexibility index (Phi) is 2.43. The molecule has 0 bridgehead atoms. The highest BCUT2D eigenvalue weighted by atomic mass is 14.8. The van der Waals surface area contributed by atoms with Crippen LogP contribution in [0.2, 0.25) is 0 Å². The molecule has 16 heavy (non-hydrogen) atoms. The molecule has 1 aliphatic carbocycles. The molecular weight excluding hydrogens is 196 g/mol. The predicted molar refractivity (Wildman–Crippen MR) is 66.5 cm³/mol. The summed E-state index contributed by atoms with van der Waals surface area (Å²) in [4.78, 5) is 7.65. The van der Waals surface area contributed by atoms with Crippen LogP contribution < -0.4 is 0 Å². The quantitative estimate of drug-likeness (QED) is 0.767. The van der Waals surface area contributed by atoms with Crippen molar-refractivity contribution >= 4 is 11.0 Å². The Hall–Kier alpha value is -1.31. The Morgan fingerprint density at radius 3 is 3.19 bits per heavy atom. The van der Waals surface area contributed by atoms with Gasteiger partial charge in [0.15, 0.2) is 0 Å². The highest BCUT2D eigenvalue weighted by Crippen LogP contribution is 2.38. The molecule has 0 spiro atoms. The summed E-state index contributed by atoms with van der Waals surface area (Å²) < 4.78 is 0. The van der Waals surface area contributed by atoms with E-state index in [1.807, 2.05) is 12.3 Å². The van der Waals surface area contributed by atoms with Crippen molar-refractivity contribution in [2.45, 2.75) is 38.5 Å². The molecule has 1 aliphatic rings. The van der Waals surface area contributed by atoms with Crippen LogP contribution in [0.25, 0.3) is 11.0 Å². The van der Waals surface area contributed by atoms with Crippen LogP contribution >= 0.6 is 0 Å². The molecule has 2 aromatic heterocycles. The lowest BCUT2D eigenvalue weighted by Gasteiger charge is -2.26. The zero-order chi connectivity index (χ0) is 11.0. The lowest BCUT2D eigenvalue weighted by Crippen LogP contribution is -2.11. The summed E-state index contributed by atoms with van der Waals surface area (Å²) in [5, 5.41) is 1.32. The number of hydrogen-bond acceptors (Lipinski definition) is 1. The van der Waals surface area contributed by atoms with E-state index in [0.717, 1.165) is 17.5 Å². The molecule has 3 rings (SSSR count). The molecule has 0 aromatic carbocycles. The molecule has 2 heterocycles. The van der Waals surface area contributed by atoms with Crippen LogP contribution in [0.15, 0.2) is 24.5 Å². The van der Waals surface area contributed by atoms with Gasteiger partial charge in [-0.1, -0.05) is 19.8 Å². The van der Waals surface area contributed by atoms with E-state index in [-0.39, 0.29) is 0 Å². The fourth-order valence-electron chi connectivity index (χ4n) is 3.03. The molecule has 0 amide bonds. The second-order valence-corrected chi connectivity index (χ2v) is 5.11. The predicted octanol–water partition coefficient (Wildman–Crippen LogP) is 3.86. The second-order valence-electron chi connectivity index (χ2n) is 5.11. The fraction of sp³-hybridized carbons (Fsp3) is 0.500. The molecule has 2 atom stereocenters. The minimum Gasteiger partial charge on any atom is -0.346 e. The standard InChI is InChI=1S/C14H18N2/c1-10-4-2-5-11(8-10)13-9-16-14-12(13)6-3-7-15-14/h3,6-7,9-11H,2,4-5,8H2,1H3,(H,15,16). The van der Waals surface area contributed by atoms with Crippen molar-refractivity contribution in [1.82, 2.24) is 9.97 Å². The maximum absolute atomic E-state index is 4.36. The van der Waals surface area contributed by atoms with E-state index >= 15 is 0 Å². The Morgan fingerprint density at radius 2 is 2.31 bits per heavy atom. The summed E-state index contributed by atoms with van der Waals surface area (Å²) in [5.74, 6) is 1.61. The van der Waals surface area contributed by atoms with E-state index in [9.17, 15) is 0 Å². The molecule has 1 saturated carbocycles. The number of H-pyrrole nitrogens is 1. The molecule has 0 saturated heterocycles. The van der Waals surface area contributed by atoms with Crippen LogP contribution in [0.4, 0.5) is 0 Å². The first kappa shape index (κ1) is 9.88. The van der Waals surface area contributed by atoms with Gasteiger partial charge in [0, 0.05) is 17.8 Å². The van der Waals surface area contributed by atoms with Gasteiger partial charge in [-0.3, -0.25) is 0 Å². The lowest BCUT2D eigenvalue weighted by molar-refractivity contribution is 0.345. The van der Waals surface area contributed by atoms with Gasteiger partial charge in [0.25, 0.3) is 0 Å². The fourth-order valence-corrected chi connectivity index (χ4v) is 3.03. The summed E-state index contributed by atoms with van der Waals surface area (Å²) in [6, 6.07) is 4.22. The Balaban J connectivity index is 1.99. The van der Waals surface area contributed by atoms with Crippen molar-refractivity contribution < 1.29 is 0 Å². The maximum Gasteiger partial charge on any atom is 0.137 e. The summed E-state index contributed by atoms with van der Waals surface area (Å²) in [5.41, 5.74) is 2.52. The van der Waals surface area contributed by atoms with Crippen LogP contribution in [0.3, 0.4) is 0 Å². The van der Waals surface area contributed by atoms with Gasteiger partial charge < -0.3 is 4.98 Å². The van der Waals surface area contributed by atoms with Crippen molar-refractivity contribution in [2.24, 2.45) is 5.92 Å². The Morgan fingerprint density at radius 1 is 1.38 bits per heavy atom. The van der Waals surface area contributed by atoms with E-state index in [1.165, 1.54) is 36.6 Å². The van der Waals surface area contributed by atoms with Crippen LogP contribution in [-0.4, -0.2) is 9.97 Å². The molecule has 1 fully saturated rings. The van der Waals surface area contributed by atoms with E-state index in [0.29, 0.717) is 0 Å². The smallest absolute Gasteiger partial charge is 0.137 e. The van der Waals surface area contributed by atoms with Gasteiger partial charge in [-0.2, -0.15) is 0 Å². The normalized spacial score (nSPS) is 26.1. The monoisotopic (exact) mass is 214 g/mol. The number of hydrogen-bond donors (Lipinski definition) is 1. The van der Waals surface area contributed by atoms with E-state index in [2.05, 4.69) is 29.2 Å². The first-order valence-electron chi connectivity index (χ1n) is 6.26. The molecule has 0 aliphatic heterocycles. The highest BCUT2D eigenvalue weighted by molar-refractivity contribution is 5.80. The number of rotatable bonds is 1. The molecule has 84 valence electrons. The van der Waals surface area contributed by atoms with Crippen molar-refractivity contribution in [3.8, 4) is 0 Å². The number of nitrogens with one attached hydrogen (secondary N) is 1. The summed E-state index contributed by atoms with van der Waals surface area (Å²) in [6.45, 7) is 2.37. The molecule has 2 nitrogen and oxygen atoms in total. The number of aromatic nitrogens is 2. The molecule has 2 heteroatoms. The zero-order valence-electron chi connectivity index (χ0n) is 9.74. The summed E-state index contributed by atoms with van der Waals surface area (Å²) in [6.07, 6.45) is 9.47. The average molecular weight is 214 g/mol. The average Bonchev–Trinajstić information content (AvgIpc) is 2.72. The number of pyridine rings is 1.